The first-order valence-corrected chi connectivity index (χ1v) is 14.5. The predicted molar refractivity (Wildman–Crippen MR) is 158 cm³/mol. The standard InChI is InChI=1S/C32H40N4OS/c1-22-14-15-34-29(16-22)13-12-26-8-7-9-27(19-26)28(21-32(5,6)38(33)37)20-30-17-23(2)18-31(35-30)36-24(3)10-11-25(36)4/h7-11,14-19,28H,12-13,20-21,33H2,1-6H3/t28-,38?/m1/s1. The van der Waals surface area contributed by atoms with Crippen LogP contribution in [0.3, 0.4) is 0 Å². The highest BCUT2D eigenvalue weighted by Gasteiger charge is 2.29. The lowest BCUT2D eigenvalue weighted by molar-refractivity contribution is 0.511. The van der Waals surface area contributed by atoms with E-state index < -0.39 is 15.7 Å². The van der Waals surface area contributed by atoms with Crippen LogP contribution < -0.4 is 5.14 Å². The molecule has 0 fully saturated rings. The van der Waals surface area contributed by atoms with E-state index >= 15 is 0 Å². The van der Waals surface area contributed by atoms with Gasteiger partial charge in [0.15, 0.2) is 0 Å². The summed E-state index contributed by atoms with van der Waals surface area (Å²) < 4.78 is 14.1. The first-order valence-electron chi connectivity index (χ1n) is 13.3. The summed E-state index contributed by atoms with van der Waals surface area (Å²) in [4.78, 5) is 9.62. The largest absolute Gasteiger partial charge is 0.303 e. The smallest absolute Gasteiger partial charge is 0.137 e. The molecule has 1 unspecified atom stereocenters. The van der Waals surface area contributed by atoms with Crippen LogP contribution in [0.4, 0.5) is 0 Å². The highest BCUT2D eigenvalue weighted by atomic mass is 32.2. The van der Waals surface area contributed by atoms with E-state index in [0.717, 1.165) is 36.5 Å². The fourth-order valence-corrected chi connectivity index (χ4v) is 5.58. The van der Waals surface area contributed by atoms with E-state index in [1.807, 2.05) is 26.1 Å². The Labute approximate surface area is 230 Å². The summed E-state index contributed by atoms with van der Waals surface area (Å²) in [7, 11) is -1.44. The van der Waals surface area contributed by atoms with Gasteiger partial charge in [-0.15, -0.1) is 0 Å². The Morgan fingerprint density at radius 1 is 0.895 bits per heavy atom. The molecule has 2 atom stereocenters. The Hall–Kier alpha value is -3.09. The highest BCUT2D eigenvalue weighted by molar-refractivity contribution is 7.84. The predicted octanol–water partition coefficient (Wildman–Crippen LogP) is 6.40. The van der Waals surface area contributed by atoms with Gasteiger partial charge in [0.05, 0.1) is 15.7 Å². The lowest BCUT2D eigenvalue weighted by atomic mass is 9.85. The van der Waals surface area contributed by atoms with Crippen molar-refractivity contribution in [2.45, 2.75) is 77.9 Å². The van der Waals surface area contributed by atoms with Crippen LogP contribution in [-0.4, -0.2) is 23.5 Å². The summed E-state index contributed by atoms with van der Waals surface area (Å²) in [6.45, 7) is 12.4. The zero-order chi connectivity index (χ0) is 27.4. The zero-order valence-corrected chi connectivity index (χ0v) is 24.3. The number of nitrogens with two attached hydrogens (primary N) is 1. The van der Waals surface area contributed by atoms with Gasteiger partial charge in [-0.1, -0.05) is 24.3 Å². The van der Waals surface area contributed by atoms with Gasteiger partial charge in [-0.05, 0) is 132 Å². The van der Waals surface area contributed by atoms with Crippen molar-refractivity contribution < 1.29 is 4.21 Å². The summed E-state index contributed by atoms with van der Waals surface area (Å²) in [5.74, 6) is 1.07. The summed E-state index contributed by atoms with van der Waals surface area (Å²) in [5.41, 5.74) is 9.39. The van der Waals surface area contributed by atoms with E-state index in [1.54, 1.807) is 0 Å². The van der Waals surface area contributed by atoms with E-state index in [2.05, 4.69) is 91.8 Å². The molecular formula is C32H40N4OS. The molecule has 5 nitrogen and oxygen atoms in total. The van der Waals surface area contributed by atoms with E-state index in [-0.39, 0.29) is 5.92 Å². The molecule has 0 bridgehead atoms. The second kappa shape index (κ2) is 11.7. The van der Waals surface area contributed by atoms with Crippen molar-refractivity contribution in [2.24, 2.45) is 5.14 Å². The maximum Gasteiger partial charge on any atom is 0.137 e. The van der Waals surface area contributed by atoms with Crippen molar-refractivity contribution in [2.75, 3.05) is 0 Å². The number of aryl methyl sites for hydroxylation is 6. The van der Waals surface area contributed by atoms with Crippen molar-refractivity contribution in [1.29, 1.82) is 0 Å². The number of rotatable bonds is 10. The molecule has 0 saturated heterocycles. The van der Waals surface area contributed by atoms with Crippen molar-refractivity contribution in [1.82, 2.24) is 14.5 Å². The molecule has 3 aromatic heterocycles. The molecule has 4 aromatic rings. The van der Waals surface area contributed by atoms with Crippen LogP contribution in [0.25, 0.3) is 5.82 Å². The second-order valence-electron chi connectivity index (χ2n) is 11.2. The molecule has 0 saturated carbocycles. The van der Waals surface area contributed by atoms with Gasteiger partial charge in [0, 0.05) is 29.0 Å². The molecule has 0 spiro atoms. The minimum Gasteiger partial charge on any atom is -0.303 e. The van der Waals surface area contributed by atoms with Gasteiger partial charge in [0.1, 0.15) is 5.82 Å². The minimum absolute atomic E-state index is 0.128. The Balaban J connectivity index is 1.65. The molecule has 2 N–H and O–H groups in total. The highest BCUT2D eigenvalue weighted by Crippen LogP contribution is 2.33. The van der Waals surface area contributed by atoms with E-state index in [1.165, 1.54) is 33.6 Å². The van der Waals surface area contributed by atoms with Crippen LogP contribution in [0.2, 0.25) is 0 Å². The molecular weight excluding hydrogens is 488 g/mol. The molecule has 6 heteroatoms. The third-order valence-corrected chi connectivity index (χ3v) is 8.57. The summed E-state index contributed by atoms with van der Waals surface area (Å²) >= 11 is 0. The molecule has 1 aromatic carbocycles. The molecule has 0 aliphatic carbocycles. The lowest BCUT2D eigenvalue weighted by Crippen LogP contribution is -2.34. The minimum atomic E-state index is -1.44. The maximum absolute atomic E-state index is 12.4. The number of aromatic nitrogens is 3. The van der Waals surface area contributed by atoms with Gasteiger partial charge < -0.3 is 4.57 Å². The average molecular weight is 529 g/mol. The van der Waals surface area contributed by atoms with E-state index in [9.17, 15) is 4.21 Å². The van der Waals surface area contributed by atoms with Gasteiger partial charge in [-0.2, -0.15) is 0 Å². The van der Waals surface area contributed by atoms with Crippen LogP contribution in [0.1, 0.15) is 71.2 Å². The van der Waals surface area contributed by atoms with Gasteiger partial charge in [0.25, 0.3) is 0 Å². The number of nitrogens with zero attached hydrogens (tertiary/aromatic N) is 3. The van der Waals surface area contributed by atoms with E-state index in [0.29, 0.717) is 6.42 Å². The first-order chi connectivity index (χ1) is 18.0. The monoisotopic (exact) mass is 528 g/mol. The number of hydrogen-bond donors (Lipinski definition) is 1. The SMILES string of the molecule is Cc1ccnc(CCc2cccc([C@H](Cc3cc(C)cc(-n4c(C)ccc4C)n3)CC(C)(C)S(N)=O)c2)c1. The van der Waals surface area contributed by atoms with Crippen LogP contribution in [0.5, 0.6) is 0 Å². The summed E-state index contributed by atoms with van der Waals surface area (Å²) in [6.07, 6.45) is 5.14. The van der Waals surface area contributed by atoms with Crippen molar-refractivity contribution >= 4 is 11.0 Å². The van der Waals surface area contributed by atoms with Crippen molar-refractivity contribution in [3.8, 4) is 5.82 Å². The number of hydrogen-bond acceptors (Lipinski definition) is 3. The van der Waals surface area contributed by atoms with Gasteiger partial charge in [-0.3, -0.25) is 10.1 Å². The molecule has 38 heavy (non-hydrogen) atoms. The Morgan fingerprint density at radius 3 is 2.29 bits per heavy atom. The molecule has 0 radical (unpaired) electrons. The van der Waals surface area contributed by atoms with Crippen LogP contribution in [-0.2, 0) is 30.2 Å². The summed E-state index contributed by atoms with van der Waals surface area (Å²) in [5, 5.41) is 5.94. The molecule has 0 aliphatic rings. The first kappa shape index (κ1) is 27.9. The third kappa shape index (κ3) is 6.86. The molecule has 3 heterocycles. The third-order valence-electron chi connectivity index (χ3n) is 7.31. The fourth-order valence-electron chi connectivity index (χ4n) is 5.22. The van der Waals surface area contributed by atoms with Gasteiger partial charge >= 0.3 is 0 Å². The second-order valence-corrected chi connectivity index (χ2v) is 12.9. The average Bonchev–Trinajstić information content (AvgIpc) is 3.19. The Morgan fingerprint density at radius 2 is 1.61 bits per heavy atom. The van der Waals surface area contributed by atoms with Gasteiger partial charge in [0.2, 0.25) is 0 Å². The fraction of sp³-hybridized carbons (Fsp3) is 0.375. The van der Waals surface area contributed by atoms with Crippen LogP contribution >= 0.6 is 0 Å². The molecule has 0 amide bonds. The summed E-state index contributed by atoms with van der Waals surface area (Å²) in [6, 6.07) is 21.5. The van der Waals surface area contributed by atoms with Crippen molar-refractivity contribution in [3.63, 3.8) is 0 Å². The normalized spacial score (nSPS) is 13.4. The van der Waals surface area contributed by atoms with Gasteiger partial charge in [-0.25, -0.2) is 9.19 Å². The molecule has 200 valence electrons. The Kier molecular flexibility index (Phi) is 8.64. The maximum atomic E-state index is 12.4. The van der Waals surface area contributed by atoms with Crippen LogP contribution in [0.15, 0.2) is 66.9 Å². The number of benzene rings is 1. The van der Waals surface area contributed by atoms with E-state index in [4.69, 9.17) is 10.1 Å². The zero-order valence-electron chi connectivity index (χ0n) is 23.5. The molecule has 4 rings (SSSR count). The lowest BCUT2D eigenvalue weighted by Gasteiger charge is -2.28. The topological polar surface area (TPSA) is 73.8 Å². The molecule has 0 aliphatic heterocycles. The Bertz CT molecular complexity index is 1420. The number of pyridine rings is 2. The quantitative estimate of drug-likeness (QED) is 0.259. The van der Waals surface area contributed by atoms with Crippen molar-refractivity contribution in [3.05, 3.63) is 112 Å². The van der Waals surface area contributed by atoms with Crippen LogP contribution in [0, 0.1) is 27.7 Å².